The first-order valence-electron chi connectivity index (χ1n) is 9.09. The van der Waals surface area contributed by atoms with Crippen molar-refractivity contribution in [2.45, 2.75) is 69.6 Å². The third kappa shape index (κ3) is 4.41. The van der Waals surface area contributed by atoms with Crippen molar-refractivity contribution >= 4 is 0 Å². The summed E-state index contributed by atoms with van der Waals surface area (Å²) in [6, 6.07) is 0.421. The molecular weight excluding hydrogens is 264 g/mol. The lowest BCUT2D eigenvalue weighted by Crippen LogP contribution is -2.50. The fourth-order valence-electron chi connectivity index (χ4n) is 4.25. The van der Waals surface area contributed by atoms with Crippen LogP contribution in [0.4, 0.5) is 0 Å². The van der Waals surface area contributed by atoms with Gasteiger partial charge in [-0.15, -0.1) is 0 Å². The Kier molecular flexibility index (Phi) is 5.92. The predicted molar refractivity (Wildman–Crippen MR) is 84.5 cm³/mol. The lowest BCUT2D eigenvalue weighted by atomic mass is 9.90. The summed E-state index contributed by atoms with van der Waals surface area (Å²) in [5.74, 6) is 0. The molecule has 2 unspecified atom stereocenters. The number of piperidine rings is 1. The summed E-state index contributed by atoms with van der Waals surface area (Å²) in [4.78, 5) is 5.04. The minimum absolute atomic E-state index is 0.0913. The van der Waals surface area contributed by atoms with Gasteiger partial charge >= 0.3 is 0 Å². The van der Waals surface area contributed by atoms with Gasteiger partial charge in [0, 0.05) is 25.7 Å². The summed E-state index contributed by atoms with van der Waals surface area (Å²) in [5, 5.41) is 10.2. The van der Waals surface area contributed by atoms with Crippen molar-refractivity contribution < 1.29 is 9.84 Å². The third-order valence-corrected chi connectivity index (χ3v) is 5.60. The molecule has 2 saturated heterocycles. The summed E-state index contributed by atoms with van der Waals surface area (Å²) in [5.41, 5.74) is 0. The number of likely N-dealkylation sites (tertiary alicyclic amines) is 2. The molecule has 2 atom stereocenters. The van der Waals surface area contributed by atoms with Gasteiger partial charge in [-0.1, -0.05) is 12.8 Å². The molecule has 0 amide bonds. The Labute approximate surface area is 129 Å². The molecule has 4 nitrogen and oxygen atoms in total. The minimum atomic E-state index is -0.0913. The summed E-state index contributed by atoms with van der Waals surface area (Å²) in [6.45, 7) is 6.76. The molecule has 0 spiro atoms. The van der Waals surface area contributed by atoms with E-state index in [0.717, 1.165) is 45.5 Å². The fourth-order valence-corrected chi connectivity index (χ4v) is 4.25. The molecule has 0 aromatic heterocycles. The quantitative estimate of drug-likeness (QED) is 0.840. The molecule has 4 heteroatoms. The van der Waals surface area contributed by atoms with Gasteiger partial charge in [0.1, 0.15) is 0 Å². The normalized spacial score (nSPS) is 33.6. The maximum atomic E-state index is 10.2. The molecule has 122 valence electrons. The number of nitrogens with zero attached hydrogens (tertiary/aromatic N) is 2. The van der Waals surface area contributed by atoms with Crippen LogP contribution in [0.25, 0.3) is 0 Å². The standard InChI is InChI=1S/C17H32N2O2/c20-17-6-2-1-5-16(17)19-11-7-15(8-12-19)21-14-13-18-9-3-4-10-18/h15-17,20H,1-14H2. The SMILES string of the molecule is OC1CCCCC1N1CCC(OCCN2CCCC2)CC1. The summed E-state index contributed by atoms with van der Waals surface area (Å²) < 4.78 is 6.08. The molecule has 1 N–H and O–H groups in total. The molecule has 1 saturated carbocycles. The van der Waals surface area contributed by atoms with Gasteiger partial charge in [0.15, 0.2) is 0 Å². The molecule has 0 bridgehead atoms. The van der Waals surface area contributed by atoms with Crippen LogP contribution >= 0.6 is 0 Å². The molecule has 0 aromatic rings. The highest BCUT2D eigenvalue weighted by atomic mass is 16.5. The van der Waals surface area contributed by atoms with Crippen molar-refractivity contribution in [3.8, 4) is 0 Å². The Balaban J connectivity index is 1.32. The Bertz CT molecular complexity index is 299. The molecular formula is C17H32N2O2. The van der Waals surface area contributed by atoms with Gasteiger partial charge in [-0.05, 0) is 51.6 Å². The van der Waals surface area contributed by atoms with E-state index >= 15 is 0 Å². The molecule has 3 aliphatic rings. The Morgan fingerprint density at radius 1 is 0.857 bits per heavy atom. The first kappa shape index (κ1) is 15.7. The molecule has 0 aromatic carbocycles. The van der Waals surface area contributed by atoms with Crippen LogP contribution in [-0.4, -0.2) is 72.5 Å². The Hall–Kier alpha value is -0.160. The van der Waals surface area contributed by atoms with Gasteiger partial charge in [0.2, 0.25) is 0 Å². The third-order valence-electron chi connectivity index (χ3n) is 5.60. The summed E-state index contributed by atoms with van der Waals surface area (Å²) in [7, 11) is 0. The molecule has 0 radical (unpaired) electrons. The van der Waals surface area contributed by atoms with Gasteiger partial charge in [-0.3, -0.25) is 4.90 Å². The van der Waals surface area contributed by atoms with Gasteiger partial charge in [-0.25, -0.2) is 0 Å². The average Bonchev–Trinajstić information content (AvgIpc) is 3.02. The number of hydrogen-bond donors (Lipinski definition) is 1. The molecule has 2 heterocycles. The smallest absolute Gasteiger partial charge is 0.0695 e. The zero-order valence-electron chi connectivity index (χ0n) is 13.4. The predicted octanol–water partition coefficient (Wildman–Crippen LogP) is 1.87. The van der Waals surface area contributed by atoms with E-state index < -0.39 is 0 Å². The van der Waals surface area contributed by atoms with Crippen molar-refractivity contribution in [1.29, 1.82) is 0 Å². The topological polar surface area (TPSA) is 35.9 Å². The first-order chi connectivity index (χ1) is 10.3. The van der Waals surface area contributed by atoms with Gasteiger partial charge < -0.3 is 14.7 Å². The number of rotatable bonds is 5. The lowest BCUT2D eigenvalue weighted by Gasteiger charge is -2.41. The van der Waals surface area contributed by atoms with Crippen LogP contribution in [0, 0.1) is 0 Å². The Morgan fingerprint density at radius 3 is 2.29 bits per heavy atom. The van der Waals surface area contributed by atoms with E-state index in [1.807, 2.05) is 0 Å². The maximum absolute atomic E-state index is 10.2. The second-order valence-corrected chi connectivity index (χ2v) is 7.07. The molecule has 3 rings (SSSR count). The second kappa shape index (κ2) is 7.91. The number of ether oxygens (including phenoxy) is 1. The molecule has 1 aliphatic carbocycles. The van der Waals surface area contributed by atoms with Crippen molar-refractivity contribution in [3.05, 3.63) is 0 Å². The second-order valence-electron chi connectivity index (χ2n) is 7.07. The Morgan fingerprint density at radius 2 is 1.57 bits per heavy atom. The van der Waals surface area contributed by atoms with Gasteiger partial charge in [0.25, 0.3) is 0 Å². The number of aliphatic hydroxyl groups is 1. The molecule has 21 heavy (non-hydrogen) atoms. The maximum Gasteiger partial charge on any atom is 0.0695 e. The van der Waals surface area contributed by atoms with E-state index in [0.29, 0.717) is 12.1 Å². The van der Waals surface area contributed by atoms with Crippen molar-refractivity contribution in [2.75, 3.05) is 39.3 Å². The van der Waals surface area contributed by atoms with Crippen LogP contribution in [0.5, 0.6) is 0 Å². The van der Waals surface area contributed by atoms with Crippen molar-refractivity contribution in [2.24, 2.45) is 0 Å². The van der Waals surface area contributed by atoms with Crippen LogP contribution in [0.3, 0.4) is 0 Å². The van der Waals surface area contributed by atoms with E-state index in [2.05, 4.69) is 9.80 Å². The van der Waals surface area contributed by atoms with Crippen molar-refractivity contribution in [3.63, 3.8) is 0 Å². The van der Waals surface area contributed by atoms with Crippen LogP contribution in [0.1, 0.15) is 51.4 Å². The highest BCUT2D eigenvalue weighted by Crippen LogP contribution is 2.26. The summed E-state index contributed by atoms with van der Waals surface area (Å²) in [6.07, 6.45) is 10.0. The van der Waals surface area contributed by atoms with Gasteiger partial charge in [0.05, 0.1) is 18.8 Å². The largest absolute Gasteiger partial charge is 0.391 e. The lowest BCUT2D eigenvalue weighted by molar-refractivity contribution is -0.0370. The zero-order valence-corrected chi connectivity index (χ0v) is 13.4. The average molecular weight is 296 g/mol. The van der Waals surface area contributed by atoms with Gasteiger partial charge in [-0.2, -0.15) is 0 Å². The fraction of sp³-hybridized carbons (Fsp3) is 1.00. The zero-order chi connectivity index (χ0) is 14.5. The summed E-state index contributed by atoms with van der Waals surface area (Å²) >= 11 is 0. The van der Waals surface area contributed by atoms with E-state index in [-0.39, 0.29) is 6.10 Å². The highest BCUT2D eigenvalue weighted by Gasteiger charge is 2.31. The van der Waals surface area contributed by atoms with E-state index in [9.17, 15) is 5.11 Å². The number of aliphatic hydroxyl groups excluding tert-OH is 1. The monoisotopic (exact) mass is 296 g/mol. The van der Waals surface area contributed by atoms with Crippen molar-refractivity contribution in [1.82, 2.24) is 9.80 Å². The van der Waals surface area contributed by atoms with Crippen LogP contribution in [0.2, 0.25) is 0 Å². The van der Waals surface area contributed by atoms with E-state index in [1.54, 1.807) is 0 Å². The number of hydrogen-bond acceptors (Lipinski definition) is 4. The van der Waals surface area contributed by atoms with E-state index in [1.165, 1.54) is 45.2 Å². The molecule has 3 fully saturated rings. The first-order valence-corrected chi connectivity index (χ1v) is 9.09. The highest BCUT2D eigenvalue weighted by molar-refractivity contribution is 4.86. The van der Waals surface area contributed by atoms with Crippen LogP contribution in [-0.2, 0) is 4.74 Å². The van der Waals surface area contributed by atoms with Crippen LogP contribution < -0.4 is 0 Å². The molecule has 2 aliphatic heterocycles. The minimum Gasteiger partial charge on any atom is -0.391 e. The van der Waals surface area contributed by atoms with Crippen LogP contribution in [0.15, 0.2) is 0 Å². The van der Waals surface area contributed by atoms with E-state index in [4.69, 9.17) is 4.74 Å².